The smallest absolute Gasteiger partial charge is 0.265 e. The number of amides is 1. The number of ether oxygens (including phenoxy) is 1. The standard InChI is InChI=1S/C21H23N3O5S.ClH/c1-14-3-4-18(28-2)19(11-14)30(26,27)23-16-12-15-5-10-29-20(15)17(13-16)21(25)24-8-6-22-7-9-24;/h3-5,10-13,22-23H,6-9H2,1-2H3;1H. The average Bonchev–Trinajstić information content (AvgIpc) is 3.21. The number of hydrogen-bond acceptors (Lipinski definition) is 6. The monoisotopic (exact) mass is 465 g/mol. The zero-order valence-corrected chi connectivity index (χ0v) is 18.8. The van der Waals surface area contributed by atoms with Crippen molar-refractivity contribution in [2.75, 3.05) is 38.0 Å². The number of rotatable bonds is 5. The highest BCUT2D eigenvalue weighted by Gasteiger charge is 2.25. The van der Waals surface area contributed by atoms with Crippen LogP contribution in [0.15, 0.2) is 52.0 Å². The number of piperazine rings is 1. The zero-order valence-electron chi connectivity index (χ0n) is 17.2. The molecule has 10 heteroatoms. The van der Waals surface area contributed by atoms with Crippen LogP contribution in [-0.4, -0.2) is 52.5 Å². The van der Waals surface area contributed by atoms with E-state index in [0.717, 1.165) is 5.56 Å². The van der Waals surface area contributed by atoms with Crippen LogP contribution in [0.2, 0.25) is 0 Å². The minimum absolute atomic E-state index is 0. The normalized spacial score (nSPS) is 14.2. The Balaban J connectivity index is 0.00000272. The van der Waals surface area contributed by atoms with Gasteiger partial charge in [-0.15, -0.1) is 12.4 Å². The van der Waals surface area contributed by atoms with E-state index in [0.29, 0.717) is 42.7 Å². The van der Waals surface area contributed by atoms with Crippen LogP contribution < -0.4 is 14.8 Å². The first kappa shape index (κ1) is 22.9. The lowest BCUT2D eigenvalue weighted by molar-refractivity contribution is 0.0736. The van der Waals surface area contributed by atoms with E-state index < -0.39 is 10.0 Å². The Morgan fingerprint density at radius 1 is 1.16 bits per heavy atom. The molecule has 0 spiro atoms. The summed E-state index contributed by atoms with van der Waals surface area (Å²) in [6.07, 6.45) is 1.49. The Morgan fingerprint density at radius 3 is 2.61 bits per heavy atom. The van der Waals surface area contributed by atoms with Gasteiger partial charge in [0.15, 0.2) is 0 Å². The fourth-order valence-electron chi connectivity index (χ4n) is 3.54. The molecule has 0 radical (unpaired) electrons. The fraction of sp³-hybridized carbons (Fsp3) is 0.286. The van der Waals surface area contributed by atoms with Crippen molar-refractivity contribution in [3.05, 3.63) is 53.8 Å². The number of nitrogens with one attached hydrogen (secondary N) is 2. The van der Waals surface area contributed by atoms with Crippen molar-refractivity contribution in [3.8, 4) is 5.75 Å². The van der Waals surface area contributed by atoms with Crippen LogP contribution in [0.3, 0.4) is 0 Å². The quantitative estimate of drug-likeness (QED) is 0.600. The number of carbonyl (C=O) groups is 1. The number of furan rings is 1. The molecule has 1 aliphatic heterocycles. The third-order valence-corrected chi connectivity index (χ3v) is 6.45. The van der Waals surface area contributed by atoms with Gasteiger partial charge >= 0.3 is 0 Å². The Labute approximate surface area is 187 Å². The number of benzene rings is 2. The molecule has 2 heterocycles. The zero-order chi connectivity index (χ0) is 21.3. The molecule has 2 aromatic carbocycles. The molecule has 31 heavy (non-hydrogen) atoms. The van der Waals surface area contributed by atoms with Gasteiger partial charge in [-0.25, -0.2) is 8.42 Å². The Hall–Kier alpha value is -2.75. The van der Waals surface area contributed by atoms with Crippen LogP contribution in [0.4, 0.5) is 5.69 Å². The highest BCUT2D eigenvalue weighted by Crippen LogP contribution is 2.30. The number of anilines is 1. The lowest BCUT2D eigenvalue weighted by Gasteiger charge is -2.27. The van der Waals surface area contributed by atoms with Gasteiger partial charge in [0.25, 0.3) is 15.9 Å². The summed E-state index contributed by atoms with van der Waals surface area (Å²) in [6.45, 7) is 4.40. The SMILES string of the molecule is COc1ccc(C)cc1S(=O)(=O)Nc1cc(C(=O)N2CCNCC2)c2occc2c1.Cl. The van der Waals surface area contributed by atoms with E-state index in [9.17, 15) is 13.2 Å². The van der Waals surface area contributed by atoms with Gasteiger partial charge in [0.2, 0.25) is 0 Å². The molecule has 0 saturated carbocycles. The summed E-state index contributed by atoms with van der Waals surface area (Å²) in [5.74, 6) is 0.0558. The fourth-order valence-corrected chi connectivity index (χ4v) is 4.84. The van der Waals surface area contributed by atoms with Crippen molar-refractivity contribution in [2.45, 2.75) is 11.8 Å². The number of fused-ring (bicyclic) bond motifs is 1. The minimum Gasteiger partial charge on any atom is -0.495 e. The van der Waals surface area contributed by atoms with E-state index in [4.69, 9.17) is 9.15 Å². The van der Waals surface area contributed by atoms with E-state index in [1.807, 2.05) is 0 Å². The molecule has 1 amide bonds. The van der Waals surface area contributed by atoms with Crippen LogP contribution in [0, 0.1) is 6.92 Å². The van der Waals surface area contributed by atoms with Crippen LogP contribution in [0.5, 0.6) is 5.75 Å². The molecule has 2 N–H and O–H groups in total. The van der Waals surface area contributed by atoms with E-state index in [1.54, 1.807) is 42.2 Å². The molecule has 0 unspecified atom stereocenters. The number of sulfonamides is 1. The second-order valence-corrected chi connectivity index (χ2v) is 8.82. The maximum absolute atomic E-state index is 13.1. The molecule has 1 aliphatic rings. The van der Waals surface area contributed by atoms with Gasteiger partial charge in [0.1, 0.15) is 16.2 Å². The maximum Gasteiger partial charge on any atom is 0.265 e. The Kier molecular flexibility index (Phi) is 6.78. The second-order valence-electron chi connectivity index (χ2n) is 7.16. The molecule has 0 atom stereocenters. The topological polar surface area (TPSA) is 101 Å². The third-order valence-electron chi connectivity index (χ3n) is 5.05. The summed E-state index contributed by atoms with van der Waals surface area (Å²) in [5, 5.41) is 3.85. The molecule has 8 nitrogen and oxygen atoms in total. The van der Waals surface area contributed by atoms with Crippen molar-refractivity contribution in [1.29, 1.82) is 0 Å². The second kappa shape index (κ2) is 9.17. The van der Waals surface area contributed by atoms with E-state index in [-0.39, 0.29) is 34.6 Å². The summed E-state index contributed by atoms with van der Waals surface area (Å²) >= 11 is 0. The number of halogens is 1. The van der Waals surface area contributed by atoms with Crippen molar-refractivity contribution < 1.29 is 22.4 Å². The molecule has 3 aromatic rings. The highest BCUT2D eigenvalue weighted by molar-refractivity contribution is 7.92. The summed E-state index contributed by atoms with van der Waals surface area (Å²) < 4.78 is 39.5. The predicted molar refractivity (Wildman–Crippen MR) is 121 cm³/mol. The first-order valence-corrected chi connectivity index (χ1v) is 11.1. The lowest BCUT2D eigenvalue weighted by atomic mass is 10.1. The number of methoxy groups -OCH3 is 1. The van der Waals surface area contributed by atoms with Gasteiger partial charge in [0, 0.05) is 31.6 Å². The summed E-state index contributed by atoms with van der Waals surface area (Å²) in [7, 11) is -2.52. The molecule has 1 saturated heterocycles. The van der Waals surface area contributed by atoms with Gasteiger partial charge in [-0.05, 0) is 42.8 Å². The van der Waals surface area contributed by atoms with E-state index in [2.05, 4.69) is 10.0 Å². The van der Waals surface area contributed by atoms with Gasteiger partial charge in [-0.2, -0.15) is 0 Å². The first-order valence-electron chi connectivity index (χ1n) is 9.58. The van der Waals surface area contributed by atoms with Gasteiger partial charge in [-0.1, -0.05) is 6.07 Å². The third kappa shape index (κ3) is 4.63. The van der Waals surface area contributed by atoms with Crippen molar-refractivity contribution in [3.63, 3.8) is 0 Å². The number of hydrogen-bond donors (Lipinski definition) is 2. The van der Waals surface area contributed by atoms with Crippen molar-refractivity contribution in [1.82, 2.24) is 10.2 Å². The molecule has 0 bridgehead atoms. The molecular formula is C21H24ClN3O5S. The van der Waals surface area contributed by atoms with Gasteiger partial charge in [0.05, 0.1) is 24.6 Å². The Morgan fingerprint density at radius 2 is 1.90 bits per heavy atom. The first-order chi connectivity index (χ1) is 14.4. The largest absolute Gasteiger partial charge is 0.495 e. The Bertz CT molecular complexity index is 1200. The summed E-state index contributed by atoms with van der Waals surface area (Å²) in [5.41, 5.74) is 1.84. The van der Waals surface area contributed by atoms with Crippen LogP contribution in [0.25, 0.3) is 11.0 Å². The summed E-state index contributed by atoms with van der Waals surface area (Å²) in [6, 6.07) is 9.81. The molecule has 1 aromatic heterocycles. The van der Waals surface area contributed by atoms with E-state index >= 15 is 0 Å². The molecule has 0 aliphatic carbocycles. The van der Waals surface area contributed by atoms with Gasteiger partial charge < -0.3 is 19.4 Å². The average molecular weight is 466 g/mol. The molecule has 4 rings (SSSR count). The molecule has 1 fully saturated rings. The van der Waals surface area contributed by atoms with Crippen LogP contribution in [0.1, 0.15) is 15.9 Å². The number of nitrogens with zero attached hydrogens (tertiary/aromatic N) is 1. The molecule has 166 valence electrons. The predicted octanol–water partition coefficient (Wildman–Crippen LogP) is 3.02. The maximum atomic E-state index is 13.1. The molecular weight excluding hydrogens is 442 g/mol. The van der Waals surface area contributed by atoms with Crippen LogP contribution in [-0.2, 0) is 10.0 Å². The minimum atomic E-state index is -3.94. The number of carbonyl (C=O) groups excluding carboxylic acids is 1. The summed E-state index contributed by atoms with van der Waals surface area (Å²) in [4.78, 5) is 14.9. The number of aryl methyl sites for hydroxylation is 1. The highest BCUT2D eigenvalue weighted by atomic mass is 35.5. The van der Waals surface area contributed by atoms with Crippen LogP contribution >= 0.6 is 12.4 Å². The van der Waals surface area contributed by atoms with Crippen molar-refractivity contribution in [2.24, 2.45) is 0 Å². The van der Waals surface area contributed by atoms with E-state index in [1.165, 1.54) is 19.4 Å². The van der Waals surface area contributed by atoms with Gasteiger partial charge in [-0.3, -0.25) is 9.52 Å². The van der Waals surface area contributed by atoms with Crippen molar-refractivity contribution >= 4 is 45.0 Å². The lowest BCUT2D eigenvalue weighted by Crippen LogP contribution is -2.46.